The maximum Gasteiger partial charge on any atom is 0.327 e. The van der Waals surface area contributed by atoms with E-state index >= 15 is 0 Å². The van der Waals surface area contributed by atoms with Gasteiger partial charge in [0.25, 0.3) is 11.8 Å². The van der Waals surface area contributed by atoms with Crippen LogP contribution in [-0.4, -0.2) is 64.3 Å². The first kappa shape index (κ1) is 20.8. The molecular formula is C22H28N4O3. The second kappa shape index (κ2) is 8.24. The summed E-state index contributed by atoms with van der Waals surface area (Å²) in [5, 5.41) is 9.28. The van der Waals surface area contributed by atoms with Gasteiger partial charge < -0.3 is 9.80 Å². The maximum absolute atomic E-state index is 13.2. The number of likely N-dealkylation sites (tertiary alicyclic amines) is 1. The fourth-order valence-corrected chi connectivity index (χ4v) is 4.32. The van der Waals surface area contributed by atoms with Crippen LogP contribution < -0.4 is 0 Å². The standard InChI is InChI=1S/C22H28N4O3/c1-4-11-25-20(28)22(26(21(25)29)15-16(2)3)9-12-24(13-10-22)19(27)18-8-6-5-7-17(18)14-23/h5-8,16H,4,9-13,15H2,1-3H3. The van der Waals surface area contributed by atoms with E-state index in [4.69, 9.17) is 0 Å². The summed E-state index contributed by atoms with van der Waals surface area (Å²) in [5.41, 5.74) is -0.130. The lowest BCUT2D eigenvalue weighted by Crippen LogP contribution is -2.58. The molecule has 3 rings (SSSR count). The highest BCUT2D eigenvalue weighted by Gasteiger charge is 2.57. The molecule has 0 aromatic heterocycles. The normalized spacial score (nSPS) is 18.7. The highest BCUT2D eigenvalue weighted by atomic mass is 16.2. The van der Waals surface area contributed by atoms with Crippen LogP contribution in [-0.2, 0) is 4.79 Å². The minimum atomic E-state index is -0.859. The fraction of sp³-hybridized carbons (Fsp3) is 0.545. The first-order chi connectivity index (χ1) is 13.9. The van der Waals surface area contributed by atoms with Crippen LogP contribution in [0.4, 0.5) is 4.79 Å². The molecule has 4 amide bonds. The first-order valence-electron chi connectivity index (χ1n) is 10.3. The lowest BCUT2D eigenvalue weighted by atomic mass is 9.85. The van der Waals surface area contributed by atoms with Gasteiger partial charge in [0.05, 0.1) is 17.2 Å². The van der Waals surface area contributed by atoms with Crippen LogP contribution in [0.5, 0.6) is 0 Å². The summed E-state index contributed by atoms with van der Waals surface area (Å²) in [6.45, 7) is 7.73. The van der Waals surface area contributed by atoms with Crippen LogP contribution in [0.1, 0.15) is 56.0 Å². The molecule has 2 aliphatic heterocycles. The quantitative estimate of drug-likeness (QED) is 0.717. The van der Waals surface area contributed by atoms with Crippen molar-refractivity contribution in [1.29, 1.82) is 5.26 Å². The Morgan fingerprint density at radius 1 is 1.21 bits per heavy atom. The molecule has 0 bridgehead atoms. The minimum Gasteiger partial charge on any atom is -0.338 e. The molecule has 0 unspecified atom stereocenters. The van der Waals surface area contributed by atoms with E-state index < -0.39 is 5.54 Å². The molecule has 0 aliphatic carbocycles. The molecule has 7 heteroatoms. The van der Waals surface area contributed by atoms with Gasteiger partial charge in [0.2, 0.25) is 0 Å². The van der Waals surface area contributed by atoms with Gasteiger partial charge in [-0.3, -0.25) is 14.5 Å². The molecule has 0 N–H and O–H groups in total. The number of amides is 4. The molecule has 0 saturated carbocycles. The summed E-state index contributed by atoms with van der Waals surface area (Å²) < 4.78 is 0. The van der Waals surface area contributed by atoms with Crippen molar-refractivity contribution in [1.82, 2.24) is 14.7 Å². The minimum absolute atomic E-state index is 0.130. The number of nitrogens with zero attached hydrogens (tertiary/aromatic N) is 4. The maximum atomic E-state index is 13.2. The van der Waals surface area contributed by atoms with Crippen LogP contribution in [0.15, 0.2) is 24.3 Å². The van der Waals surface area contributed by atoms with Crippen LogP contribution in [0.2, 0.25) is 0 Å². The van der Waals surface area contributed by atoms with Gasteiger partial charge in [0.1, 0.15) is 5.54 Å². The SMILES string of the molecule is CCCN1C(=O)N(CC(C)C)C2(CCN(C(=O)c3ccccc3C#N)CC2)C1=O. The highest BCUT2D eigenvalue weighted by Crippen LogP contribution is 2.38. The number of urea groups is 1. The number of imide groups is 1. The van der Waals surface area contributed by atoms with Gasteiger partial charge in [0.15, 0.2) is 0 Å². The van der Waals surface area contributed by atoms with E-state index in [1.807, 2.05) is 20.8 Å². The predicted octanol–water partition coefficient (Wildman–Crippen LogP) is 2.86. The number of hydrogen-bond acceptors (Lipinski definition) is 4. The molecule has 1 aromatic rings. The molecular weight excluding hydrogens is 368 g/mol. The summed E-state index contributed by atoms with van der Waals surface area (Å²) in [7, 11) is 0. The van der Waals surface area contributed by atoms with Gasteiger partial charge in [-0.1, -0.05) is 32.9 Å². The average Bonchev–Trinajstić information content (AvgIpc) is 2.90. The molecule has 29 heavy (non-hydrogen) atoms. The zero-order valence-corrected chi connectivity index (χ0v) is 17.4. The van der Waals surface area contributed by atoms with Crippen molar-refractivity contribution in [2.24, 2.45) is 5.92 Å². The van der Waals surface area contributed by atoms with E-state index in [9.17, 15) is 19.6 Å². The van der Waals surface area contributed by atoms with Gasteiger partial charge in [-0.05, 0) is 37.3 Å². The van der Waals surface area contributed by atoms with E-state index in [0.29, 0.717) is 50.1 Å². The molecule has 7 nitrogen and oxygen atoms in total. The Hall–Kier alpha value is -2.88. The van der Waals surface area contributed by atoms with Crippen LogP contribution in [0.3, 0.4) is 0 Å². The Balaban J connectivity index is 1.82. The Labute approximate surface area is 171 Å². The smallest absolute Gasteiger partial charge is 0.327 e. The molecule has 2 aliphatic rings. The van der Waals surface area contributed by atoms with Crippen LogP contribution in [0.25, 0.3) is 0 Å². The second-order valence-corrected chi connectivity index (χ2v) is 8.22. The first-order valence-corrected chi connectivity index (χ1v) is 10.3. The van der Waals surface area contributed by atoms with Gasteiger partial charge >= 0.3 is 6.03 Å². The number of carbonyl (C=O) groups is 3. The third kappa shape index (κ3) is 3.59. The Morgan fingerprint density at radius 3 is 2.45 bits per heavy atom. The lowest BCUT2D eigenvalue weighted by molar-refractivity contribution is -0.135. The Kier molecular flexibility index (Phi) is 5.92. The Bertz CT molecular complexity index is 850. The summed E-state index contributed by atoms with van der Waals surface area (Å²) in [6, 6.07) is 8.62. The second-order valence-electron chi connectivity index (χ2n) is 8.22. The molecule has 2 fully saturated rings. The monoisotopic (exact) mass is 396 g/mol. The summed E-state index contributed by atoms with van der Waals surface area (Å²) in [6.07, 6.45) is 1.56. The highest BCUT2D eigenvalue weighted by molar-refractivity contribution is 6.07. The summed E-state index contributed by atoms with van der Waals surface area (Å²) in [5.74, 6) is -0.0866. The van der Waals surface area contributed by atoms with Gasteiger partial charge in [-0.25, -0.2) is 4.79 Å². The van der Waals surface area contributed by atoms with Crippen molar-refractivity contribution in [2.75, 3.05) is 26.2 Å². The van der Waals surface area contributed by atoms with E-state index in [1.165, 1.54) is 4.90 Å². The largest absolute Gasteiger partial charge is 0.338 e. The van der Waals surface area contributed by atoms with Crippen molar-refractivity contribution in [2.45, 2.75) is 45.6 Å². The predicted molar refractivity (Wildman–Crippen MR) is 108 cm³/mol. The van der Waals surface area contributed by atoms with E-state index in [0.717, 1.165) is 6.42 Å². The summed E-state index contributed by atoms with van der Waals surface area (Å²) >= 11 is 0. The number of nitriles is 1. The Morgan fingerprint density at radius 2 is 1.86 bits per heavy atom. The van der Waals surface area contributed by atoms with Crippen LogP contribution >= 0.6 is 0 Å². The number of hydrogen-bond donors (Lipinski definition) is 0. The fourth-order valence-electron chi connectivity index (χ4n) is 4.32. The average molecular weight is 396 g/mol. The van der Waals surface area contributed by atoms with Crippen molar-refractivity contribution >= 4 is 17.8 Å². The molecule has 0 atom stereocenters. The van der Waals surface area contributed by atoms with Crippen molar-refractivity contribution in [3.8, 4) is 6.07 Å². The third-order valence-corrected chi connectivity index (χ3v) is 5.77. The molecule has 2 saturated heterocycles. The molecule has 1 spiro atoms. The molecule has 2 heterocycles. The topological polar surface area (TPSA) is 84.7 Å². The third-order valence-electron chi connectivity index (χ3n) is 5.77. The lowest BCUT2D eigenvalue weighted by Gasteiger charge is -2.42. The van der Waals surface area contributed by atoms with E-state index in [2.05, 4.69) is 6.07 Å². The van der Waals surface area contributed by atoms with E-state index in [1.54, 1.807) is 34.1 Å². The van der Waals surface area contributed by atoms with Gasteiger partial charge in [-0.2, -0.15) is 5.26 Å². The molecule has 1 aromatic carbocycles. The van der Waals surface area contributed by atoms with Crippen molar-refractivity contribution < 1.29 is 14.4 Å². The zero-order chi connectivity index (χ0) is 21.2. The zero-order valence-electron chi connectivity index (χ0n) is 17.4. The van der Waals surface area contributed by atoms with Gasteiger partial charge in [-0.15, -0.1) is 0 Å². The number of rotatable bonds is 5. The van der Waals surface area contributed by atoms with E-state index in [-0.39, 0.29) is 23.8 Å². The number of carbonyl (C=O) groups excluding carboxylic acids is 3. The van der Waals surface area contributed by atoms with Crippen molar-refractivity contribution in [3.05, 3.63) is 35.4 Å². The number of benzene rings is 1. The number of piperidine rings is 1. The summed E-state index contributed by atoms with van der Waals surface area (Å²) in [4.78, 5) is 43.9. The van der Waals surface area contributed by atoms with Crippen molar-refractivity contribution in [3.63, 3.8) is 0 Å². The molecule has 0 radical (unpaired) electrons. The molecule has 154 valence electrons. The van der Waals surface area contributed by atoms with Gasteiger partial charge in [0, 0.05) is 26.2 Å². The van der Waals surface area contributed by atoms with Crippen LogP contribution in [0, 0.1) is 17.2 Å².